The highest BCUT2D eigenvalue weighted by molar-refractivity contribution is 5.81. The van der Waals surface area contributed by atoms with Crippen LogP contribution in [-0.4, -0.2) is 25.6 Å². The van der Waals surface area contributed by atoms with Crippen LogP contribution in [0.1, 0.15) is 25.3 Å². The zero-order chi connectivity index (χ0) is 16.2. The Kier molecular flexibility index (Phi) is 4.65. The predicted octanol–water partition coefficient (Wildman–Crippen LogP) is 2.30. The molecule has 23 heavy (non-hydrogen) atoms. The number of aryl methyl sites for hydroxylation is 1. The van der Waals surface area contributed by atoms with Gasteiger partial charge in [-0.25, -0.2) is 4.98 Å². The summed E-state index contributed by atoms with van der Waals surface area (Å²) in [5, 5.41) is 7.45. The minimum atomic E-state index is 0.189. The van der Waals surface area contributed by atoms with Crippen LogP contribution in [0.4, 0.5) is 5.82 Å². The number of benzene rings is 1. The molecule has 1 aliphatic carbocycles. The Labute approximate surface area is 136 Å². The second-order valence-electron chi connectivity index (χ2n) is 6.00. The summed E-state index contributed by atoms with van der Waals surface area (Å²) in [6.45, 7) is 6.06. The molecule has 0 unspecified atom stereocenters. The molecule has 0 spiro atoms. The molecule has 1 aromatic heterocycles. The van der Waals surface area contributed by atoms with Gasteiger partial charge in [-0.2, -0.15) is 0 Å². The number of carbonyl (C=O) groups excluding carboxylic acids is 1. The molecule has 1 aliphatic rings. The fraction of sp³-hybridized carbons (Fsp3) is 0.444. The summed E-state index contributed by atoms with van der Waals surface area (Å²) in [5.74, 6) is 2.33. The van der Waals surface area contributed by atoms with Crippen molar-refractivity contribution in [3.8, 4) is 5.75 Å². The Morgan fingerprint density at radius 3 is 2.87 bits per heavy atom. The standard InChI is InChI=1S/C18H23N3O2/c1-3-23-15-6-7-16-14(11-15)10-12(2)17(21-16)19-8-9-20-18(22)13-4-5-13/h6-7,10-11,13H,3-5,8-9H2,1-2H3,(H,19,21)(H,20,22)/p+1. The number of ether oxygens (including phenoxy) is 1. The largest absolute Gasteiger partial charge is 0.494 e. The van der Waals surface area contributed by atoms with Crippen LogP contribution in [0.15, 0.2) is 24.3 Å². The van der Waals surface area contributed by atoms with E-state index in [9.17, 15) is 4.79 Å². The van der Waals surface area contributed by atoms with Crippen molar-refractivity contribution >= 4 is 22.6 Å². The first-order valence-corrected chi connectivity index (χ1v) is 8.28. The van der Waals surface area contributed by atoms with Crippen molar-refractivity contribution in [3.63, 3.8) is 0 Å². The molecule has 122 valence electrons. The number of fused-ring (bicyclic) bond motifs is 1. The van der Waals surface area contributed by atoms with E-state index >= 15 is 0 Å². The van der Waals surface area contributed by atoms with E-state index < -0.39 is 0 Å². The van der Waals surface area contributed by atoms with E-state index in [0.29, 0.717) is 19.7 Å². The van der Waals surface area contributed by atoms with Gasteiger partial charge in [-0.3, -0.25) is 10.1 Å². The van der Waals surface area contributed by atoms with E-state index in [2.05, 4.69) is 28.6 Å². The summed E-state index contributed by atoms with van der Waals surface area (Å²) >= 11 is 0. The van der Waals surface area contributed by atoms with Gasteiger partial charge in [0.05, 0.1) is 13.2 Å². The first-order chi connectivity index (χ1) is 11.2. The van der Waals surface area contributed by atoms with Crippen LogP contribution >= 0.6 is 0 Å². The van der Waals surface area contributed by atoms with Crippen LogP contribution in [-0.2, 0) is 4.79 Å². The van der Waals surface area contributed by atoms with Gasteiger partial charge in [-0.1, -0.05) is 0 Å². The lowest BCUT2D eigenvalue weighted by atomic mass is 10.1. The maximum atomic E-state index is 11.6. The van der Waals surface area contributed by atoms with Crippen LogP contribution in [0.25, 0.3) is 10.9 Å². The molecule has 3 N–H and O–H groups in total. The molecule has 0 bridgehead atoms. The molecule has 0 aliphatic heterocycles. The van der Waals surface area contributed by atoms with Crippen LogP contribution in [0.3, 0.4) is 0 Å². The molecule has 1 fully saturated rings. The molecule has 5 heteroatoms. The summed E-state index contributed by atoms with van der Waals surface area (Å²) in [5.41, 5.74) is 2.20. The fourth-order valence-corrected chi connectivity index (χ4v) is 2.62. The van der Waals surface area contributed by atoms with Gasteiger partial charge < -0.3 is 10.1 Å². The van der Waals surface area contributed by atoms with Crippen molar-refractivity contribution in [3.05, 3.63) is 29.8 Å². The number of carbonyl (C=O) groups is 1. The number of hydrogen-bond acceptors (Lipinski definition) is 3. The van der Waals surface area contributed by atoms with Crippen molar-refractivity contribution in [1.82, 2.24) is 5.32 Å². The van der Waals surface area contributed by atoms with Gasteiger partial charge in [0, 0.05) is 16.9 Å². The molecule has 0 saturated heterocycles. The maximum Gasteiger partial charge on any atom is 0.275 e. The average Bonchev–Trinajstić information content (AvgIpc) is 3.37. The van der Waals surface area contributed by atoms with E-state index in [1.165, 1.54) is 0 Å². The molecule has 0 atom stereocenters. The lowest BCUT2D eigenvalue weighted by molar-refractivity contribution is -0.327. The number of rotatable bonds is 7. The van der Waals surface area contributed by atoms with Crippen molar-refractivity contribution in [2.45, 2.75) is 26.7 Å². The molecule has 0 radical (unpaired) electrons. The summed E-state index contributed by atoms with van der Waals surface area (Å²) in [6, 6.07) is 8.18. The summed E-state index contributed by atoms with van der Waals surface area (Å²) in [6.07, 6.45) is 2.08. The normalized spacial score (nSPS) is 13.8. The van der Waals surface area contributed by atoms with Crippen molar-refractivity contribution in [2.24, 2.45) is 5.92 Å². The Bertz CT molecular complexity index is 711. The number of anilines is 1. The zero-order valence-electron chi connectivity index (χ0n) is 13.7. The number of hydrogen-bond donors (Lipinski definition) is 2. The number of pyridine rings is 1. The Morgan fingerprint density at radius 1 is 1.30 bits per heavy atom. The van der Waals surface area contributed by atoms with Gasteiger partial charge in [0.25, 0.3) is 5.82 Å². The van der Waals surface area contributed by atoms with Crippen molar-refractivity contribution in [1.29, 1.82) is 0 Å². The number of amides is 1. The number of aromatic nitrogens is 1. The first kappa shape index (κ1) is 15.6. The minimum absolute atomic E-state index is 0.189. The smallest absolute Gasteiger partial charge is 0.275 e. The van der Waals surface area contributed by atoms with E-state index in [4.69, 9.17) is 4.74 Å². The maximum absolute atomic E-state index is 11.6. The van der Waals surface area contributed by atoms with Gasteiger partial charge in [0.1, 0.15) is 17.8 Å². The SMILES string of the molecule is CCOc1ccc2[nH+]c(NCCNC(=O)C3CC3)c(C)cc2c1. The van der Waals surface area contributed by atoms with Gasteiger partial charge in [-0.15, -0.1) is 0 Å². The third kappa shape index (κ3) is 3.92. The summed E-state index contributed by atoms with van der Waals surface area (Å²) in [7, 11) is 0. The molecular formula is C18H24N3O2+. The van der Waals surface area contributed by atoms with E-state index in [1.807, 2.05) is 25.1 Å². The van der Waals surface area contributed by atoms with Gasteiger partial charge in [0.15, 0.2) is 0 Å². The lowest BCUT2D eigenvalue weighted by Crippen LogP contribution is -2.31. The highest BCUT2D eigenvalue weighted by Gasteiger charge is 2.29. The topological polar surface area (TPSA) is 64.5 Å². The molecule has 5 nitrogen and oxygen atoms in total. The second-order valence-corrected chi connectivity index (χ2v) is 6.00. The molecular weight excluding hydrogens is 290 g/mol. The molecule has 1 aromatic carbocycles. The van der Waals surface area contributed by atoms with Crippen LogP contribution in [0, 0.1) is 12.8 Å². The monoisotopic (exact) mass is 314 g/mol. The van der Waals surface area contributed by atoms with Crippen molar-refractivity contribution in [2.75, 3.05) is 25.0 Å². The Hall–Kier alpha value is -2.30. The fourth-order valence-electron chi connectivity index (χ4n) is 2.62. The third-order valence-corrected chi connectivity index (χ3v) is 4.03. The number of H-pyrrole nitrogens is 1. The van der Waals surface area contributed by atoms with Gasteiger partial charge >= 0.3 is 0 Å². The molecule has 1 saturated carbocycles. The lowest BCUT2D eigenvalue weighted by Gasteiger charge is -2.07. The Morgan fingerprint density at radius 2 is 2.13 bits per heavy atom. The van der Waals surface area contributed by atoms with Gasteiger partial charge in [0.2, 0.25) is 5.91 Å². The number of aromatic amines is 1. The summed E-state index contributed by atoms with van der Waals surface area (Å²) in [4.78, 5) is 15.0. The molecule has 3 rings (SSSR count). The van der Waals surface area contributed by atoms with Gasteiger partial charge in [-0.05, 0) is 51.0 Å². The second kappa shape index (κ2) is 6.86. The summed E-state index contributed by atoms with van der Waals surface area (Å²) < 4.78 is 5.54. The molecule has 1 heterocycles. The minimum Gasteiger partial charge on any atom is -0.494 e. The Balaban J connectivity index is 1.62. The zero-order valence-corrected chi connectivity index (χ0v) is 13.7. The van der Waals surface area contributed by atoms with Crippen molar-refractivity contribution < 1.29 is 14.5 Å². The third-order valence-electron chi connectivity index (χ3n) is 4.03. The first-order valence-electron chi connectivity index (χ1n) is 8.28. The van der Waals surface area contributed by atoms with Crippen LogP contribution in [0.5, 0.6) is 5.75 Å². The van der Waals surface area contributed by atoms with Crippen LogP contribution in [0.2, 0.25) is 0 Å². The van der Waals surface area contributed by atoms with Crippen LogP contribution < -0.4 is 20.4 Å². The van der Waals surface area contributed by atoms with E-state index in [0.717, 1.165) is 40.9 Å². The van der Waals surface area contributed by atoms with E-state index in [-0.39, 0.29) is 11.8 Å². The molecule has 1 amide bonds. The average molecular weight is 314 g/mol. The predicted molar refractivity (Wildman–Crippen MR) is 90.6 cm³/mol. The highest BCUT2D eigenvalue weighted by atomic mass is 16.5. The molecule has 2 aromatic rings. The van der Waals surface area contributed by atoms with E-state index in [1.54, 1.807) is 0 Å². The quantitative estimate of drug-likeness (QED) is 0.771. The number of nitrogens with one attached hydrogen (secondary N) is 3. The highest BCUT2D eigenvalue weighted by Crippen LogP contribution is 2.28.